The molecule has 27 heavy (non-hydrogen) atoms. The van der Waals surface area contributed by atoms with Gasteiger partial charge in [-0.1, -0.05) is 30.3 Å². The number of esters is 1. The molecule has 7 heteroatoms. The van der Waals surface area contributed by atoms with E-state index in [1.807, 2.05) is 51.1 Å². The molecule has 0 unspecified atom stereocenters. The Balaban J connectivity index is 0.00000676. The number of nitrogens with two attached hydrogens (primary N) is 1. The van der Waals surface area contributed by atoms with Crippen LogP contribution in [0.25, 0.3) is 0 Å². The van der Waals surface area contributed by atoms with Crippen molar-refractivity contribution in [2.45, 2.75) is 71.2 Å². The van der Waals surface area contributed by atoms with Gasteiger partial charge in [-0.15, -0.1) is 12.4 Å². The number of carbonyl (C=O) groups is 2. The zero-order chi connectivity index (χ0) is 20.0. The van der Waals surface area contributed by atoms with E-state index in [0.717, 1.165) is 5.56 Å². The minimum absolute atomic E-state index is 0. The first-order chi connectivity index (χ1) is 11.9. The third-order valence-electron chi connectivity index (χ3n) is 3.33. The van der Waals surface area contributed by atoms with Gasteiger partial charge in [0.1, 0.15) is 5.60 Å². The van der Waals surface area contributed by atoms with Crippen molar-refractivity contribution in [2.24, 2.45) is 5.73 Å². The highest BCUT2D eigenvalue weighted by atomic mass is 35.5. The molecule has 0 aliphatic rings. The van der Waals surface area contributed by atoms with Crippen molar-refractivity contribution >= 4 is 24.3 Å². The van der Waals surface area contributed by atoms with Crippen molar-refractivity contribution in [1.82, 2.24) is 5.32 Å². The van der Waals surface area contributed by atoms with E-state index in [4.69, 9.17) is 15.2 Å². The number of hydrogen-bond donors (Lipinski definition) is 2. The molecule has 0 saturated carbocycles. The van der Waals surface area contributed by atoms with Crippen molar-refractivity contribution in [2.75, 3.05) is 6.61 Å². The molecule has 3 N–H and O–H groups in total. The fourth-order valence-corrected chi connectivity index (χ4v) is 2.11. The molecule has 0 spiro atoms. The maximum atomic E-state index is 12.5. The molecule has 1 aromatic carbocycles. The summed E-state index contributed by atoms with van der Waals surface area (Å²) in [7, 11) is 0. The molecule has 0 aliphatic carbocycles. The van der Waals surface area contributed by atoms with Crippen molar-refractivity contribution in [3.05, 3.63) is 35.9 Å². The monoisotopic (exact) mass is 400 g/mol. The Bertz CT molecular complexity index is 594. The Morgan fingerprint density at radius 2 is 1.59 bits per heavy atom. The Morgan fingerprint density at radius 1 is 1.04 bits per heavy atom. The summed E-state index contributed by atoms with van der Waals surface area (Å²) >= 11 is 0. The summed E-state index contributed by atoms with van der Waals surface area (Å²) in [5, 5.41) is 2.67. The fraction of sp³-hybridized carbons (Fsp3) is 0.600. The van der Waals surface area contributed by atoms with Crippen LogP contribution in [-0.2, 0) is 25.5 Å². The third-order valence-corrected chi connectivity index (χ3v) is 3.33. The van der Waals surface area contributed by atoms with E-state index in [0.29, 0.717) is 6.42 Å². The molecule has 1 rings (SSSR count). The normalized spacial score (nSPS) is 13.9. The van der Waals surface area contributed by atoms with Crippen molar-refractivity contribution in [3.8, 4) is 0 Å². The van der Waals surface area contributed by atoms with Gasteiger partial charge in [0.25, 0.3) is 0 Å². The topological polar surface area (TPSA) is 90.6 Å². The molecule has 0 aliphatic heterocycles. The van der Waals surface area contributed by atoms with Gasteiger partial charge in [0.2, 0.25) is 5.91 Å². The van der Waals surface area contributed by atoms with E-state index >= 15 is 0 Å². The molecule has 0 radical (unpaired) electrons. The maximum Gasteiger partial charge on any atom is 0.331 e. The highest BCUT2D eigenvalue weighted by Crippen LogP contribution is 2.12. The van der Waals surface area contributed by atoms with Crippen LogP contribution in [0.3, 0.4) is 0 Å². The van der Waals surface area contributed by atoms with Crippen LogP contribution in [0.2, 0.25) is 0 Å². The molecule has 0 fully saturated rings. The molecule has 0 bridgehead atoms. The maximum absolute atomic E-state index is 12.5. The number of carbonyl (C=O) groups excluding carboxylic acids is 2. The van der Waals surface area contributed by atoms with Crippen LogP contribution in [0.5, 0.6) is 0 Å². The number of hydrogen-bond acceptors (Lipinski definition) is 5. The van der Waals surface area contributed by atoms with Gasteiger partial charge < -0.3 is 20.5 Å². The Labute approximate surface area is 168 Å². The summed E-state index contributed by atoms with van der Waals surface area (Å²) in [6.07, 6.45) is 0.383. The minimum Gasteiger partial charge on any atom is -0.458 e. The summed E-state index contributed by atoms with van der Waals surface area (Å²) in [6.45, 7) is 11.0. The molecular weight excluding hydrogens is 368 g/mol. The number of benzene rings is 1. The van der Waals surface area contributed by atoms with Gasteiger partial charge in [0, 0.05) is 0 Å². The fourth-order valence-electron chi connectivity index (χ4n) is 2.11. The summed E-state index contributed by atoms with van der Waals surface area (Å²) in [5.74, 6) is -0.954. The summed E-state index contributed by atoms with van der Waals surface area (Å²) < 4.78 is 11.1. The lowest BCUT2D eigenvalue weighted by Crippen LogP contribution is -2.53. The lowest BCUT2D eigenvalue weighted by molar-refractivity contribution is -0.162. The Morgan fingerprint density at radius 3 is 2.07 bits per heavy atom. The van der Waals surface area contributed by atoms with Crippen molar-refractivity contribution in [1.29, 1.82) is 0 Å². The molecule has 6 nitrogen and oxygen atoms in total. The Hall–Kier alpha value is -1.63. The summed E-state index contributed by atoms with van der Waals surface area (Å²) in [6, 6.07) is 7.81. The van der Waals surface area contributed by atoms with Crippen LogP contribution < -0.4 is 11.1 Å². The van der Waals surface area contributed by atoms with E-state index in [2.05, 4.69) is 5.32 Å². The molecule has 1 amide bonds. The number of nitrogens with one attached hydrogen (secondary N) is 1. The molecule has 0 saturated heterocycles. The molecular formula is C20H33ClN2O4. The largest absolute Gasteiger partial charge is 0.458 e. The summed E-state index contributed by atoms with van der Waals surface area (Å²) in [4.78, 5) is 24.9. The third kappa shape index (κ3) is 11.0. The van der Waals surface area contributed by atoms with Crippen LogP contribution in [0.1, 0.15) is 47.1 Å². The molecule has 154 valence electrons. The van der Waals surface area contributed by atoms with Gasteiger partial charge in [-0.2, -0.15) is 0 Å². The SMILES string of the molecule is CC(C)(C)OC[C@H](NC(=O)[C@H](N)Cc1ccccc1)C(=O)OC(C)(C)C.Cl. The number of ether oxygens (including phenoxy) is 2. The highest BCUT2D eigenvalue weighted by Gasteiger charge is 2.30. The van der Waals surface area contributed by atoms with Gasteiger partial charge in [0.15, 0.2) is 6.04 Å². The number of rotatable bonds is 7. The van der Waals surface area contributed by atoms with E-state index in [9.17, 15) is 9.59 Å². The van der Waals surface area contributed by atoms with Crippen molar-refractivity contribution in [3.63, 3.8) is 0 Å². The van der Waals surface area contributed by atoms with Gasteiger partial charge >= 0.3 is 5.97 Å². The molecule has 0 heterocycles. The highest BCUT2D eigenvalue weighted by molar-refractivity contribution is 5.87. The van der Waals surface area contributed by atoms with Crippen LogP contribution >= 0.6 is 12.4 Å². The zero-order valence-electron chi connectivity index (χ0n) is 17.1. The molecule has 2 atom stereocenters. The van der Waals surface area contributed by atoms with Crippen molar-refractivity contribution < 1.29 is 19.1 Å². The van der Waals surface area contributed by atoms with Crippen LogP contribution in [0, 0.1) is 0 Å². The number of halogens is 1. The van der Waals surface area contributed by atoms with Crippen LogP contribution in [0.15, 0.2) is 30.3 Å². The van der Waals surface area contributed by atoms with Gasteiger partial charge in [-0.05, 0) is 53.5 Å². The smallest absolute Gasteiger partial charge is 0.331 e. The quantitative estimate of drug-likeness (QED) is 0.686. The van der Waals surface area contributed by atoms with Crippen LogP contribution in [-0.4, -0.2) is 41.8 Å². The minimum atomic E-state index is -0.914. The average molecular weight is 401 g/mol. The first-order valence-corrected chi connectivity index (χ1v) is 8.84. The predicted octanol–water partition coefficient (Wildman–Crippen LogP) is 2.62. The second kappa shape index (κ2) is 10.6. The second-order valence-corrected chi connectivity index (χ2v) is 8.31. The molecule has 1 aromatic rings. The lowest BCUT2D eigenvalue weighted by atomic mass is 10.1. The first-order valence-electron chi connectivity index (χ1n) is 8.84. The zero-order valence-corrected chi connectivity index (χ0v) is 17.9. The Kier molecular flexibility index (Phi) is 10.00. The van der Waals surface area contributed by atoms with Gasteiger partial charge in [-0.25, -0.2) is 4.79 Å². The van der Waals surface area contributed by atoms with E-state index in [1.165, 1.54) is 0 Å². The summed E-state index contributed by atoms with van der Waals surface area (Å²) in [5.41, 5.74) is 5.85. The standard InChI is InChI=1S/C20H32N2O4.ClH/c1-19(2,3)25-13-16(18(24)26-20(4,5)6)22-17(23)15(21)12-14-10-8-7-9-11-14;/h7-11,15-16H,12-13,21H2,1-6H3,(H,22,23);1H/t15-,16+;/m1./s1. The lowest BCUT2D eigenvalue weighted by Gasteiger charge is -2.28. The van der Waals surface area contributed by atoms with Crippen LogP contribution in [0.4, 0.5) is 0 Å². The predicted molar refractivity (Wildman–Crippen MR) is 109 cm³/mol. The average Bonchev–Trinajstić information content (AvgIpc) is 2.49. The molecule has 0 aromatic heterocycles. The van der Waals surface area contributed by atoms with Gasteiger partial charge in [-0.3, -0.25) is 4.79 Å². The van der Waals surface area contributed by atoms with E-state index in [1.54, 1.807) is 20.8 Å². The van der Waals surface area contributed by atoms with E-state index in [-0.39, 0.29) is 19.0 Å². The second-order valence-electron chi connectivity index (χ2n) is 8.31. The first kappa shape index (κ1) is 25.4. The number of amides is 1. The van der Waals surface area contributed by atoms with E-state index < -0.39 is 35.2 Å². The van der Waals surface area contributed by atoms with Gasteiger partial charge in [0.05, 0.1) is 18.2 Å².